The molecule has 1 aliphatic carbocycles. The van der Waals surface area contributed by atoms with Crippen LogP contribution in [0.25, 0.3) is 0 Å². The molecule has 0 unspecified atom stereocenters. The summed E-state index contributed by atoms with van der Waals surface area (Å²) in [6.45, 7) is 0.429. The Labute approximate surface area is 165 Å². The molecule has 1 aromatic rings. The number of benzene rings is 1. The SMILES string of the molecule is NC(=O)N[C@@H](Cc1ccccc1)C(=O)OCC(=O)N1CCC[C@@H]2CCCC[C@@H]21. The Balaban J connectivity index is 1.56. The zero-order chi connectivity index (χ0) is 19.9. The van der Waals surface area contributed by atoms with Crippen LogP contribution in [-0.2, 0) is 20.7 Å². The summed E-state index contributed by atoms with van der Waals surface area (Å²) in [6, 6.07) is 7.83. The fourth-order valence-corrected chi connectivity index (χ4v) is 4.47. The van der Waals surface area contributed by atoms with E-state index < -0.39 is 18.0 Å². The Morgan fingerprint density at radius 2 is 1.82 bits per heavy atom. The van der Waals surface area contributed by atoms with Crippen molar-refractivity contribution in [1.29, 1.82) is 0 Å². The summed E-state index contributed by atoms with van der Waals surface area (Å²) >= 11 is 0. The van der Waals surface area contributed by atoms with Gasteiger partial charge in [0.2, 0.25) is 0 Å². The lowest BCUT2D eigenvalue weighted by Gasteiger charge is -2.44. The normalized spacial score (nSPS) is 22.6. The zero-order valence-electron chi connectivity index (χ0n) is 16.1. The summed E-state index contributed by atoms with van der Waals surface area (Å²) in [5.41, 5.74) is 6.06. The molecule has 0 bridgehead atoms. The van der Waals surface area contributed by atoms with Crippen LogP contribution >= 0.6 is 0 Å². The van der Waals surface area contributed by atoms with Crippen molar-refractivity contribution in [3.8, 4) is 0 Å². The highest BCUT2D eigenvalue weighted by Crippen LogP contribution is 2.35. The molecule has 1 saturated heterocycles. The number of fused-ring (bicyclic) bond motifs is 1. The van der Waals surface area contributed by atoms with Crippen molar-refractivity contribution >= 4 is 17.9 Å². The predicted molar refractivity (Wildman–Crippen MR) is 104 cm³/mol. The molecular formula is C21H29N3O4. The van der Waals surface area contributed by atoms with E-state index in [4.69, 9.17) is 10.5 Å². The molecule has 7 heteroatoms. The third-order valence-corrected chi connectivity index (χ3v) is 5.79. The van der Waals surface area contributed by atoms with E-state index in [9.17, 15) is 14.4 Å². The number of nitrogens with zero attached hydrogens (tertiary/aromatic N) is 1. The molecule has 1 aromatic carbocycles. The van der Waals surface area contributed by atoms with E-state index in [2.05, 4.69) is 5.32 Å². The number of carbonyl (C=O) groups excluding carboxylic acids is 3. The highest BCUT2D eigenvalue weighted by atomic mass is 16.5. The summed E-state index contributed by atoms with van der Waals surface area (Å²) in [5.74, 6) is -0.222. The average Bonchev–Trinajstić information content (AvgIpc) is 2.71. The quantitative estimate of drug-likeness (QED) is 0.729. The van der Waals surface area contributed by atoms with Crippen LogP contribution in [-0.4, -0.2) is 48.0 Å². The topological polar surface area (TPSA) is 102 Å². The molecule has 0 radical (unpaired) electrons. The molecule has 0 aromatic heterocycles. The summed E-state index contributed by atoms with van der Waals surface area (Å²) in [4.78, 5) is 38.4. The van der Waals surface area contributed by atoms with E-state index in [1.54, 1.807) is 0 Å². The maximum Gasteiger partial charge on any atom is 0.329 e. The van der Waals surface area contributed by atoms with Crippen LogP contribution in [0.2, 0.25) is 0 Å². The van der Waals surface area contributed by atoms with Crippen LogP contribution in [0.15, 0.2) is 30.3 Å². The van der Waals surface area contributed by atoms with Gasteiger partial charge in [0.25, 0.3) is 5.91 Å². The Hall–Kier alpha value is -2.57. The van der Waals surface area contributed by atoms with Crippen molar-refractivity contribution < 1.29 is 19.1 Å². The highest BCUT2D eigenvalue weighted by molar-refractivity contribution is 5.85. The number of amides is 3. The molecule has 2 aliphatic rings. The number of urea groups is 1. The maximum atomic E-state index is 12.7. The van der Waals surface area contributed by atoms with Crippen molar-refractivity contribution in [3.05, 3.63) is 35.9 Å². The molecule has 28 heavy (non-hydrogen) atoms. The van der Waals surface area contributed by atoms with Crippen LogP contribution in [0.3, 0.4) is 0 Å². The van der Waals surface area contributed by atoms with E-state index in [-0.39, 0.29) is 25.0 Å². The minimum absolute atomic E-state index is 0.150. The van der Waals surface area contributed by atoms with E-state index in [1.165, 1.54) is 19.3 Å². The first-order chi connectivity index (χ1) is 13.5. The van der Waals surface area contributed by atoms with Crippen molar-refractivity contribution in [2.45, 2.75) is 57.0 Å². The molecule has 152 valence electrons. The van der Waals surface area contributed by atoms with Crippen LogP contribution < -0.4 is 11.1 Å². The van der Waals surface area contributed by atoms with Gasteiger partial charge >= 0.3 is 12.0 Å². The molecule has 7 nitrogen and oxygen atoms in total. The fourth-order valence-electron chi connectivity index (χ4n) is 4.47. The Morgan fingerprint density at radius 1 is 1.11 bits per heavy atom. The number of primary amides is 1. The first-order valence-electron chi connectivity index (χ1n) is 10.1. The van der Waals surface area contributed by atoms with Gasteiger partial charge in [-0.05, 0) is 37.2 Å². The standard InChI is InChI=1S/C21H29N3O4/c22-21(27)23-17(13-15-7-2-1-3-8-15)20(26)28-14-19(25)24-12-6-10-16-9-4-5-11-18(16)24/h1-3,7-8,16-18H,4-6,9-14H2,(H3,22,23,27)/t16-,17-,18-/m0/s1. The summed E-state index contributed by atoms with van der Waals surface area (Å²) in [6.07, 6.45) is 7.02. The molecule has 3 amide bonds. The molecule has 1 saturated carbocycles. The van der Waals surface area contributed by atoms with Crippen LogP contribution in [0.1, 0.15) is 44.1 Å². The molecule has 1 heterocycles. The monoisotopic (exact) mass is 387 g/mol. The largest absolute Gasteiger partial charge is 0.454 e. The Morgan fingerprint density at radius 3 is 2.57 bits per heavy atom. The number of carbonyl (C=O) groups is 3. The number of esters is 1. The fraction of sp³-hybridized carbons (Fsp3) is 0.571. The summed E-state index contributed by atoms with van der Waals surface area (Å²) in [5, 5.41) is 2.42. The van der Waals surface area contributed by atoms with Crippen molar-refractivity contribution in [1.82, 2.24) is 10.2 Å². The maximum absolute atomic E-state index is 12.7. The number of rotatable bonds is 6. The zero-order valence-corrected chi connectivity index (χ0v) is 16.1. The van der Waals surface area contributed by atoms with E-state index in [0.717, 1.165) is 31.4 Å². The second-order valence-corrected chi connectivity index (χ2v) is 7.70. The summed E-state index contributed by atoms with van der Waals surface area (Å²) in [7, 11) is 0. The molecular weight excluding hydrogens is 358 g/mol. The van der Waals surface area contributed by atoms with Gasteiger partial charge in [0.15, 0.2) is 6.61 Å². The lowest BCUT2D eigenvalue weighted by atomic mass is 9.78. The number of hydrogen-bond donors (Lipinski definition) is 2. The second kappa shape index (κ2) is 9.57. The molecule has 2 fully saturated rings. The molecule has 3 atom stereocenters. The minimum atomic E-state index is -0.920. The molecule has 0 spiro atoms. The Bertz CT molecular complexity index is 692. The first-order valence-corrected chi connectivity index (χ1v) is 10.1. The van der Waals surface area contributed by atoms with Gasteiger partial charge in [-0.25, -0.2) is 9.59 Å². The number of ether oxygens (including phenoxy) is 1. The van der Waals surface area contributed by atoms with Gasteiger partial charge in [-0.15, -0.1) is 0 Å². The van der Waals surface area contributed by atoms with Crippen LogP contribution in [0, 0.1) is 5.92 Å². The van der Waals surface area contributed by atoms with Gasteiger partial charge in [0, 0.05) is 19.0 Å². The van der Waals surface area contributed by atoms with Crippen LogP contribution in [0.5, 0.6) is 0 Å². The number of piperidine rings is 1. The highest BCUT2D eigenvalue weighted by Gasteiger charge is 2.36. The lowest BCUT2D eigenvalue weighted by molar-refractivity contribution is -0.156. The lowest BCUT2D eigenvalue weighted by Crippen LogP contribution is -2.51. The third-order valence-electron chi connectivity index (χ3n) is 5.79. The molecule has 1 aliphatic heterocycles. The third kappa shape index (κ3) is 5.24. The van der Waals surface area contributed by atoms with Gasteiger partial charge in [-0.1, -0.05) is 43.2 Å². The minimum Gasteiger partial charge on any atom is -0.454 e. The van der Waals surface area contributed by atoms with Gasteiger partial charge in [-0.3, -0.25) is 4.79 Å². The second-order valence-electron chi connectivity index (χ2n) is 7.70. The van der Waals surface area contributed by atoms with Gasteiger partial charge in [-0.2, -0.15) is 0 Å². The van der Waals surface area contributed by atoms with Gasteiger partial charge in [0.05, 0.1) is 0 Å². The smallest absolute Gasteiger partial charge is 0.329 e. The first kappa shape index (κ1) is 20.2. The summed E-state index contributed by atoms with van der Waals surface area (Å²) < 4.78 is 5.27. The predicted octanol–water partition coefficient (Wildman–Crippen LogP) is 1.99. The van der Waals surface area contributed by atoms with Gasteiger partial charge in [0.1, 0.15) is 6.04 Å². The number of nitrogens with two attached hydrogens (primary N) is 1. The van der Waals surface area contributed by atoms with Crippen molar-refractivity contribution in [2.75, 3.05) is 13.2 Å². The Kier molecular flexibility index (Phi) is 6.90. The van der Waals surface area contributed by atoms with Crippen LogP contribution in [0.4, 0.5) is 4.79 Å². The van der Waals surface area contributed by atoms with E-state index >= 15 is 0 Å². The average molecular weight is 387 g/mol. The van der Waals surface area contributed by atoms with Crippen molar-refractivity contribution in [3.63, 3.8) is 0 Å². The number of nitrogens with one attached hydrogen (secondary N) is 1. The number of likely N-dealkylation sites (tertiary alicyclic amines) is 1. The molecule has 3 N–H and O–H groups in total. The molecule has 3 rings (SSSR count). The number of hydrogen-bond acceptors (Lipinski definition) is 4. The van der Waals surface area contributed by atoms with E-state index in [1.807, 2.05) is 35.2 Å². The van der Waals surface area contributed by atoms with Gasteiger partial charge < -0.3 is 20.7 Å². The van der Waals surface area contributed by atoms with Crippen molar-refractivity contribution in [2.24, 2.45) is 11.7 Å². The van der Waals surface area contributed by atoms with E-state index in [0.29, 0.717) is 5.92 Å².